The highest BCUT2D eigenvalue weighted by Crippen LogP contribution is 2.51. The summed E-state index contributed by atoms with van der Waals surface area (Å²) in [7, 11) is 1.41. The topological polar surface area (TPSA) is 35.5 Å². The van der Waals surface area contributed by atoms with E-state index in [4.69, 9.17) is 9.47 Å². The number of carbonyl (C=O) groups is 1. The lowest BCUT2D eigenvalue weighted by Gasteiger charge is -2.14. The van der Waals surface area contributed by atoms with Crippen molar-refractivity contribution in [1.29, 1.82) is 0 Å². The Morgan fingerprint density at radius 1 is 1.40 bits per heavy atom. The molecule has 2 aliphatic heterocycles. The second-order valence-corrected chi connectivity index (χ2v) is 3.99. The van der Waals surface area contributed by atoms with Gasteiger partial charge in [-0.05, 0) is 24.5 Å². The molecule has 0 aliphatic carbocycles. The molecule has 1 fully saturated rings. The van der Waals surface area contributed by atoms with E-state index in [1.54, 1.807) is 0 Å². The highest BCUT2D eigenvalue weighted by Gasteiger charge is 2.40. The molecule has 3 heteroatoms. The Morgan fingerprint density at radius 2 is 2.20 bits per heavy atom. The second kappa shape index (κ2) is 3.07. The van der Waals surface area contributed by atoms with Gasteiger partial charge < -0.3 is 9.47 Å². The van der Waals surface area contributed by atoms with Gasteiger partial charge in [0.2, 0.25) is 0 Å². The van der Waals surface area contributed by atoms with Crippen molar-refractivity contribution in [1.82, 2.24) is 0 Å². The molecule has 3 rings (SSSR count). The maximum atomic E-state index is 11.6. The standard InChI is InChI=1S/C12H12O3/c1-14-12(13)8-4-2-3-7-9-5-6-10(15-9)11(7)8/h2-4,9-10H,5-6H2,1H3. The van der Waals surface area contributed by atoms with Gasteiger partial charge in [-0.2, -0.15) is 0 Å². The minimum absolute atomic E-state index is 0.111. The number of ether oxygens (including phenoxy) is 2. The van der Waals surface area contributed by atoms with Crippen molar-refractivity contribution in [3.8, 4) is 0 Å². The monoisotopic (exact) mass is 204 g/mol. The van der Waals surface area contributed by atoms with Crippen LogP contribution in [0.3, 0.4) is 0 Å². The first-order valence-electron chi connectivity index (χ1n) is 5.18. The predicted octanol–water partition coefficient (Wildman–Crippen LogP) is 2.38. The smallest absolute Gasteiger partial charge is 0.338 e. The van der Waals surface area contributed by atoms with Crippen LogP contribution in [-0.2, 0) is 9.47 Å². The summed E-state index contributed by atoms with van der Waals surface area (Å²) in [5, 5.41) is 0. The Labute approximate surface area is 88.0 Å². The second-order valence-electron chi connectivity index (χ2n) is 3.99. The third-order valence-electron chi connectivity index (χ3n) is 3.23. The fraction of sp³-hybridized carbons (Fsp3) is 0.417. The number of fused-ring (bicyclic) bond motifs is 5. The third-order valence-corrected chi connectivity index (χ3v) is 3.23. The lowest BCUT2D eigenvalue weighted by molar-refractivity contribution is 0.0578. The largest absolute Gasteiger partial charge is 0.465 e. The van der Waals surface area contributed by atoms with Crippen LogP contribution >= 0.6 is 0 Å². The third kappa shape index (κ3) is 1.13. The van der Waals surface area contributed by atoms with Crippen molar-refractivity contribution >= 4 is 5.97 Å². The van der Waals surface area contributed by atoms with E-state index in [2.05, 4.69) is 0 Å². The van der Waals surface area contributed by atoms with Crippen molar-refractivity contribution in [3.05, 3.63) is 34.9 Å². The number of hydrogen-bond acceptors (Lipinski definition) is 3. The van der Waals surface area contributed by atoms with Crippen molar-refractivity contribution < 1.29 is 14.3 Å². The summed E-state index contributed by atoms with van der Waals surface area (Å²) < 4.78 is 10.5. The molecule has 2 bridgehead atoms. The van der Waals surface area contributed by atoms with Gasteiger partial charge in [-0.15, -0.1) is 0 Å². The summed E-state index contributed by atoms with van der Waals surface area (Å²) >= 11 is 0. The van der Waals surface area contributed by atoms with E-state index in [0.717, 1.165) is 18.4 Å². The van der Waals surface area contributed by atoms with E-state index in [1.165, 1.54) is 12.7 Å². The molecule has 1 saturated heterocycles. The molecule has 2 unspecified atom stereocenters. The molecule has 2 atom stereocenters. The first-order valence-corrected chi connectivity index (χ1v) is 5.18. The van der Waals surface area contributed by atoms with Crippen LogP contribution in [-0.4, -0.2) is 13.1 Å². The first kappa shape index (κ1) is 8.92. The van der Waals surface area contributed by atoms with Crippen LogP contribution in [0.4, 0.5) is 0 Å². The van der Waals surface area contributed by atoms with Gasteiger partial charge in [0.1, 0.15) is 0 Å². The van der Waals surface area contributed by atoms with Gasteiger partial charge in [-0.3, -0.25) is 0 Å². The SMILES string of the molecule is COC(=O)c1cccc2c1C1CCC2O1. The molecular weight excluding hydrogens is 192 g/mol. The van der Waals surface area contributed by atoms with E-state index < -0.39 is 0 Å². The van der Waals surface area contributed by atoms with Gasteiger partial charge in [-0.1, -0.05) is 12.1 Å². The van der Waals surface area contributed by atoms with Gasteiger partial charge >= 0.3 is 5.97 Å². The van der Waals surface area contributed by atoms with E-state index in [1.807, 2.05) is 18.2 Å². The quantitative estimate of drug-likeness (QED) is 0.659. The predicted molar refractivity (Wildman–Crippen MR) is 53.6 cm³/mol. The van der Waals surface area contributed by atoms with Gasteiger partial charge in [0.05, 0.1) is 24.9 Å². The molecule has 0 radical (unpaired) electrons. The Morgan fingerprint density at radius 3 is 3.00 bits per heavy atom. The Bertz CT molecular complexity index is 425. The fourth-order valence-corrected chi connectivity index (χ4v) is 2.59. The summed E-state index contributed by atoms with van der Waals surface area (Å²) in [5.41, 5.74) is 2.90. The number of esters is 1. The molecule has 78 valence electrons. The van der Waals surface area contributed by atoms with Crippen molar-refractivity contribution in [2.45, 2.75) is 25.0 Å². The highest BCUT2D eigenvalue weighted by atomic mass is 16.5. The van der Waals surface area contributed by atoms with Crippen LogP contribution in [0.2, 0.25) is 0 Å². The van der Waals surface area contributed by atoms with Crippen molar-refractivity contribution in [2.75, 3.05) is 7.11 Å². The minimum Gasteiger partial charge on any atom is -0.465 e. The average Bonchev–Trinajstić information content (AvgIpc) is 2.88. The van der Waals surface area contributed by atoms with Gasteiger partial charge in [0, 0.05) is 5.56 Å². The molecule has 3 nitrogen and oxygen atoms in total. The van der Waals surface area contributed by atoms with Gasteiger partial charge in [0.15, 0.2) is 0 Å². The molecule has 2 heterocycles. The molecule has 15 heavy (non-hydrogen) atoms. The zero-order valence-electron chi connectivity index (χ0n) is 8.53. The minimum atomic E-state index is -0.261. The van der Waals surface area contributed by atoms with Crippen LogP contribution in [0.25, 0.3) is 0 Å². The Balaban J connectivity index is 2.15. The lowest BCUT2D eigenvalue weighted by atomic mass is 9.88. The van der Waals surface area contributed by atoms with Gasteiger partial charge in [-0.25, -0.2) is 4.79 Å². The molecule has 2 aliphatic rings. The maximum Gasteiger partial charge on any atom is 0.338 e. The Hall–Kier alpha value is -1.35. The summed E-state index contributed by atoms with van der Waals surface area (Å²) in [6, 6.07) is 5.76. The van der Waals surface area contributed by atoms with E-state index in [9.17, 15) is 4.79 Å². The van der Waals surface area contributed by atoms with Crippen LogP contribution in [0.5, 0.6) is 0 Å². The molecule has 0 aromatic heterocycles. The molecular formula is C12H12O3. The van der Waals surface area contributed by atoms with E-state index in [0.29, 0.717) is 5.56 Å². The number of rotatable bonds is 1. The lowest BCUT2D eigenvalue weighted by Crippen LogP contribution is -2.09. The Kier molecular flexibility index (Phi) is 1.83. The number of carbonyl (C=O) groups excluding carboxylic acids is 1. The van der Waals surface area contributed by atoms with Crippen molar-refractivity contribution in [3.63, 3.8) is 0 Å². The molecule has 0 spiro atoms. The van der Waals surface area contributed by atoms with Gasteiger partial charge in [0.25, 0.3) is 0 Å². The molecule has 0 amide bonds. The zero-order chi connectivity index (χ0) is 10.4. The maximum absolute atomic E-state index is 11.6. The average molecular weight is 204 g/mol. The number of hydrogen-bond donors (Lipinski definition) is 0. The van der Waals surface area contributed by atoms with E-state index >= 15 is 0 Å². The normalized spacial score (nSPS) is 26.5. The first-order chi connectivity index (χ1) is 7.31. The molecule has 1 aromatic rings. The molecule has 0 saturated carbocycles. The van der Waals surface area contributed by atoms with Crippen LogP contribution in [0.15, 0.2) is 18.2 Å². The zero-order valence-corrected chi connectivity index (χ0v) is 8.53. The fourth-order valence-electron chi connectivity index (χ4n) is 2.59. The van der Waals surface area contributed by atoms with Crippen LogP contribution in [0.1, 0.15) is 46.5 Å². The number of benzene rings is 1. The summed E-state index contributed by atoms with van der Waals surface area (Å²) in [4.78, 5) is 11.6. The highest BCUT2D eigenvalue weighted by molar-refractivity contribution is 5.91. The van der Waals surface area contributed by atoms with E-state index in [-0.39, 0.29) is 18.2 Å². The molecule has 0 N–H and O–H groups in total. The van der Waals surface area contributed by atoms with Crippen molar-refractivity contribution in [2.24, 2.45) is 0 Å². The summed E-state index contributed by atoms with van der Waals surface area (Å²) in [6.45, 7) is 0. The summed E-state index contributed by atoms with van der Waals surface area (Å²) in [5.74, 6) is -0.261. The van der Waals surface area contributed by atoms with Crippen LogP contribution in [0, 0.1) is 0 Å². The number of methoxy groups -OCH3 is 1. The molecule has 1 aromatic carbocycles. The van der Waals surface area contributed by atoms with Crippen LogP contribution < -0.4 is 0 Å². The summed E-state index contributed by atoms with van der Waals surface area (Å²) in [6.07, 6.45) is 2.41.